The van der Waals surface area contributed by atoms with E-state index in [9.17, 15) is 18.0 Å². The second kappa shape index (κ2) is 7.52. The summed E-state index contributed by atoms with van der Waals surface area (Å²) in [7, 11) is 0. The number of aryl methyl sites for hydroxylation is 2. The van der Waals surface area contributed by atoms with E-state index in [1.165, 1.54) is 17.4 Å². The van der Waals surface area contributed by atoms with Gasteiger partial charge in [0.05, 0.1) is 22.2 Å². The van der Waals surface area contributed by atoms with Gasteiger partial charge in [-0.05, 0) is 31.5 Å². The van der Waals surface area contributed by atoms with Gasteiger partial charge in [-0.15, -0.1) is 11.3 Å². The van der Waals surface area contributed by atoms with Gasteiger partial charge in [0.25, 0.3) is 11.6 Å². The first kappa shape index (κ1) is 20.0. The SMILES string of the molecule is Cc1cc(C(=O)Nc2ncc(Cc3cccc(C(F)(F)F)c3)s2)c2c(C)noc2n1. The van der Waals surface area contributed by atoms with Gasteiger partial charge in [0.15, 0.2) is 5.13 Å². The van der Waals surface area contributed by atoms with Gasteiger partial charge in [-0.1, -0.05) is 23.4 Å². The molecular weight excluding hydrogens is 417 g/mol. The number of carbonyl (C=O) groups is 1. The zero-order valence-corrected chi connectivity index (χ0v) is 16.7. The maximum absolute atomic E-state index is 12.9. The number of halogens is 3. The minimum atomic E-state index is -4.39. The van der Waals surface area contributed by atoms with E-state index < -0.39 is 17.6 Å². The van der Waals surface area contributed by atoms with Gasteiger partial charge in [0.2, 0.25) is 0 Å². The molecule has 3 heterocycles. The van der Waals surface area contributed by atoms with Crippen molar-refractivity contribution in [2.45, 2.75) is 26.4 Å². The number of anilines is 1. The summed E-state index contributed by atoms with van der Waals surface area (Å²) in [5, 5.41) is 7.45. The van der Waals surface area contributed by atoms with Gasteiger partial charge < -0.3 is 4.52 Å². The van der Waals surface area contributed by atoms with Crippen LogP contribution in [0.2, 0.25) is 0 Å². The Labute approximate surface area is 172 Å². The number of hydrogen-bond donors (Lipinski definition) is 1. The van der Waals surface area contributed by atoms with E-state index in [-0.39, 0.29) is 12.1 Å². The van der Waals surface area contributed by atoms with Crippen LogP contribution in [-0.4, -0.2) is 21.0 Å². The highest BCUT2D eigenvalue weighted by molar-refractivity contribution is 7.15. The Bertz CT molecular complexity index is 1250. The van der Waals surface area contributed by atoms with E-state index in [1.807, 2.05) is 0 Å². The van der Waals surface area contributed by atoms with E-state index in [2.05, 4.69) is 20.4 Å². The molecule has 4 aromatic rings. The van der Waals surface area contributed by atoms with Crippen molar-refractivity contribution >= 4 is 33.5 Å². The van der Waals surface area contributed by atoms with Crippen molar-refractivity contribution < 1.29 is 22.5 Å². The summed E-state index contributed by atoms with van der Waals surface area (Å²) in [4.78, 5) is 21.9. The second-order valence-corrected chi connectivity index (χ2v) is 7.84. The molecule has 0 radical (unpaired) electrons. The number of carbonyl (C=O) groups excluding carboxylic acids is 1. The number of nitrogens with one attached hydrogen (secondary N) is 1. The molecule has 0 aliphatic heterocycles. The van der Waals surface area contributed by atoms with E-state index >= 15 is 0 Å². The van der Waals surface area contributed by atoms with Crippen LogP contribution in [-0.2, 0) is 12.6 Å². The molecule has 0 spiro atoms. The molecule has 1 N–H and O–H groups in total. The van der Waals surface area contributed by atoms with Gasteiger partial charge in [0, 0.05) is 23.2 Å². The van der Waals surface area contributed by atoms with Crippen LogP contribution in [0.5, 0.6) is 0 Å². The van der Waals surface area contributed by atoms with Crippen molar-refractivity contribution in [3.05, 3.63) is 69.5 Å². The number of hydrogen-bond acceptors (Lipinski definition) is 6. The summed E-state index contributed by atoms with van der Waals surface area (Å²) in [6.45, 7) is 3.46. The van der Waals surface area contributed by atoms with E-state index in [0.717, 1.165) is 17.0 Å². The molecule has 6 nitrogen and oxygen atoms in total. The zero-order valence-electron chi connectivity index (χ0n) is 15.9. The van der Waals surface area contributed by atoms with Crippen molar-refractivity contribution in [1.29, 1.82) is 0 Å². The van der Waals surface area contributed by atoms with Crippen molar-refractivity contribution in [2.75, 3.05) is 5.32 Å². The lowest BCUT2D eigenvalue weighted by Gasteiger charge is -2.07. The molecule has 0 saturated carbocycles. The Kier molecular flexibility index (Phi) is 5.02. The number of pyridine rings is 1. The quantitative estimate of drug-likeness (QED) is 0.482. The van der Waals surface area contributed by atoms with Gasteiger partial charge in [0.1, 0.15) is 0 Å². The fourth-order valence-corrected chi connectivity index (χ4v) is 3.91. The molecule has 0 saturated heterocycles. The first-order chi connectivity index (χ1) is 14.2. The molecule has 154 valence electrons. The number of benzene rings is 1. The summed E-state index contributed by atoms with van der Waals surface area (Å²) < 4.78 is 43.8. The largest absolute Gasteiger partial charge is 0.416 e. The molecule has 0 fully saturated rings. The Morgan fingerprint density at radius 2 is 2.03 bits per heavy atom. The number of nitrogens with zero attached hydrogens (tertiary/aromatic N) is 3. The van der Waals surface area contributed by atoms with Gasteiger partial charge in [-0.3, -0.25) is 10.1 Å². The second-order valence-electron chi connectivity index (χ2n) is 6.72. The predicted octanol–water partition coefficient (Wildman–Crippen LogP) is 5.16. The number of fused-ring (bicyclic) bond motifs is 1. The lowest BCUT2D eigenvalue weighted by Crippen LogP contribution is -2.13. The number of aromatic nitrogens is 3. The fourth-order valence-electron chi connectivity index (χ4n) is 3.07. The number of thiazole rings is 1. The number of alkyl halides is 3. The highest BCUT2D eigenvalue weighted by Gasteiger charge is 2.30. The van der Waals surface area contributed by atoms with Gasteiger partial charge >= 0.3 is 6.18 Å². The van der Waals surface area contributed by atoms with Crippen LogP contribution in [0, 0.1) is 13.8 Å². The molecule has 0 aliphatic carbocycles. The predicted molar refractivity (Wildman–Crippen MR) is 106 cm³/mol. The van der Waals surface area contributed by atoms with Crippen LogP contribution in [0.3, 0.4) is 0 Å². The third kappa shape index (κ3) is 4.04. The van der Waals surface area contributed by atoms with Crippen LogP contribution in [0.1, 0.15) is 37.7 Å². The van der Waals surface area contributed by atoms with E-state index in [4.69, 9.17) is 4.52 Å². The highest BCUT2D eigenvalue weighted by Crippen LogP contribution is 2.31. The molecule has 0 aliphatic rings. The normalized spacial score (nSPS) is 11.8. The summed E-state index contributed by atoms with van der Waals surface area (Å²) in [5.41, 5.74) is 1.62. The molecule has 0 bridgehead atoms. The molecular formula is C20H15F3N4O2S. The molecule has 0 atom stereocenters. The highest BCUT2D eigenvalue weighted by atomic mass is 32.1. The van der Waals surface area contributed by atoms with Crippen LogP contribution in [0.4, 0.5) is 18.3 Å². The average molecular weight is 432 g/mol. The van der Waals surface area contributed by atoms with E-state index in [0.29, 0.717) is 33.0 Å². The molecule has 0 unspecified atom stereocenters. The van der Waals surface area contributed by atoms with Crippen LogP contribution < -0.4 is 5.32 Å². The summed E-state index contributed by atoms with van der Waals surface area (Å²) in [5.74, 6) is -0.392. The summed E-state index contributed by atoms with van der Waals surface area (Å²) in [6, 6.07) is 6.78. The zero-order chi connectivity index (χ0) is 21.5. The minimum Gasteiger partial charge on any atom is -0.336 e. The Morgan fingerprint density at radius 3 is 2.80 bits per heavy atom. The first-order valence-corrected chi connectivity index (χ1v) is 9.68. The third-order valence-corrected chi connectivity index (χ3v) is 5.31. The third-order valence-electron chi connectivity index (χ3n) is 4.40. The smallest absolute Gasteiger partial charge is 0.336 e. The standard InChI is InChI=1S/C20H15F3N4O2S/c1-10-6-15(16-11(2)27-29-18(16)25-10)17(28)26-19-24-9-14(30-19)8-12-4-3-5-13(7-12)20(21,22)23/h3-7,9H,8H2,1-2H3,(H,24,26,28). The molecule has 3 aromatic heterocycles. The van der Waals surface area contributed by atoms with Crippen LogP contribution in [0.25, 0.3) is 11.1 Å². The van der Waals surface area contributed by atoms with Crippen molar-refractivity contribution in [3.8, 4) is 0 Å². The molecule has 10 heteroatoms. The van der Waals surface area contributed by atoms with Crippen LogP contribution >= 0.6 is 11.3 Å². The molecule has 30 heavy (non-hydrogen) atoms. The maximum Gasteiger partial charge on any atom is 0.416 e. The number of amides is 1. The number of rotatable bonds is 4. The fraction of sp³-hybridized carbons (Fsp3) is 0.200. The van der Waals surface area contributed by atoms with Gasteiger partial charge in [-0.25, -0.2) is 9.97 Å². The lowest BCUT2D eigenvalue weighted by molar-refractivity contribution is -0.137. The molecule has 4 rings (SSSR count). The lowest BCUT2D eigenvalue weighted by atomic mass is 10.1. The Hall–Kier alpha value is -3.27. The topological polar surface area (TPSA) is 80.9 Å². The van der Waals surface area contributed by atoms with Crippen molar-refractivity contribution in [2.24, 2.45) is 0 Å². The summed E-state index contributed by atoms with van der Waals surface area (Å²) >= 11 is 1.20. The first-order valence-electron chi connectivity index (χ1n) is 8.86. The van der Waals surface area contributed by atoms with Gasteiger partial charge in [-0.2, -0.15) is 13.2 Å². The van der Waals surface area contributed by atoms with Crippen molar-refractivity contribution in [3.63, 3.8) is 0 Å². The average Bonchev–Trinajstić information content (AvgIpc) is 3.27. The van der Waals surface area contributed by atoms with Crippen LogP contribution in [0.15, 0.2) is 41.1 Å². The Balaban J connectivity index is 1.53. The van der Waals surface area contributed by atoms with Crippen molar-refractivity contribution in [1.82, 2.24) is 15.1 Å². The molecule has 1 aromatic carbocycles. The maximum atomic E-state index is 12.9. The summed E-state index contributed by atoms with van der Waals surface area (Å²) in [6.07, 6.45) is -2.57. The monoisotopic (exact) mass is 432 g/mol. The minimum absolute atomic E-state index is 0.279. The molecule has 1 amide bonds. The van der Waals surface area contributed by atoms with E-state index in [1.54, 1.807) is 32.2 Å². The Morgan fingerprint density at radius 1 is 1.23 bits per heavy atom.